The van der Waals surface area contributed by atoms with Crippen LogP contribution in [0.25, 0.3) is 22.3 Å². The number of pyridine rings is 1. The van der Waals surface area contributed by atoms with Crippen molar-refractivity contribution >= 4 is 5.97 Å². The van der Waals surface area contributed by atoms with Crippen molar-refractivity contribution in [3.8, 4) is 22.3 Å². The third-order valence-electron chi connectivity index (χ3n) is 3.66. The molecule has 1 aromatic carbocycles. The lowest BCUT2D eigenvalue weighted by Crippen LogP contribution is -2.08. The summed E-state index contributed by atoms with van der Waals surface area (Å²) in [5.41, 5.74) is 3.36. The van der Waals surface area contributed by atoms with Gasteiger partial charge in [0, 0.05) is 36.8 Å². The summed E-state index contributed by atoms with van der Waals surface area (Å²) in [4.78, 5) is 16.2. The molecule has 0 fully saturated rings. The Hall–Kier alpha value is -2.95. The van der Waals surface area contributed by atoms with Crippen LogP contribution >= 0.6 is 0 Å². The number of aryl methyl sites for hydroxylation is 1. The lowest BCUT2D eigenvalue weighted by atomic mass is 9.97. The fourth-order valence-electron chi connectivity index (χ4n) is 2.66. The molecule has 4 nitrogen and oxygen atoms in total. The molecule has 116 valence electrons. The van der Waals surface area contributed by atoms with Gasteiger partial charge in [-0.1, -0.05) is 12.1 Å². The van der Waals surface area contributed by atoms with Gasteiger partial charge in [0.15, 0.2) is 0 Å². The van der Waals surface area contributed by atoms with E-state index < -0.39 is 5.97 Å². The number of rotatable bonds is 3. The first-order valence-corrected chi connectivity index (χ1v) is 7.05. The monoisotopic (exact) mass is 310 g/mol. The van der Waals surface area contributed by atoms with Gasteiger partial charge in [-0.05, 0) is 35.4 Å². The summed E-state index contributed by atoms with van der Waals surface area (Å²) in [5, 5.41) is 0. The van der Waals surface area contributed by atoms with Crippen LogP contribution in [0.2, 0.25) is 0 Å². The number of carbonyl (C=O) groups excluding carboxylic acids is 1. The highest BCUT2D eigenvalue weighted by atomic mass is 19.1. The molecule has 0 radical (unpaired) electrons. The summed E-state index contributed by atoms with van der Waals surface area (Å²) < 4.78 is 20.3. The number of benzene rings is 1. The highest BCUT2D eigenvalue weighted by Crippen LogP contribution is 2.36. The van der Waals surface area contributed by atoms with Crippen LogP contribution in [0.1, 0.15) is 10.5 Å². The van der Waals surface area contributed by atoms with E-state index in [0.717, 1.165) is 11.1 Å². The molecular formula is C18H15FN2O2. The second kappa shape index (κ2) is 6.04. The predicted molar refractivity (Wildman–Crippen MR) is 85.4 cm³/mol. The van der Waals surface area contributed by atoms with Crippen molar-refractivity contribution in [3.63, 3.8) is 0 Å². The number of ether oxygens (including phenoxy) is 1. The van der Waals surface area contributed by atoms with Gasteiger partial charge in [0.1, 0.15) is 11.5 Å². The van der Waals surface area contributed by atoms with Gasteiger partial charge in [-0.2, -0.15) is 0 Å². The molecule has 3 aromatic rings. The van der Waals surface area contributed by atoms with Crippen molar-refractivity contribution in [1.29, 1.82) is 0 Å². The first-order chi connectivity index (χ1) is 11.1. The maximum absolute atomic E-state index is 13.7. The Morgan fingerprint density at radius 2 is 1.91 bits per heavy atom. The fourth-order valence-corrected chi connectivity index (χ4v) is 2.66. The van der Waals surface area contributed by atoms with Crippen molar-refractivity contribution in [2.24, 2.45) is 7.05 Å². The van der Waals surface area contributed by atoms with Crippen molar-refractivity contribution < 1.29 is 13.9 Å². The van der Waals surface area contributed by atoms with Gasteiger partial charge < -0.3 is 9.30 Å². The highest BCUT2D eigenvalue weighted by molar-refractivity contribution is 6.01. The number of halogens is 1. The Kier molecular flexibility index (Phi) is 3.93. The normalized spacial score (nSPS) is 10.6. The number of methoxy groups -OCH3 is 1. The Balaban J connectivity index is 2.31. The molecule has 2 aromatic heterocycles. The van der Waals surface area contributed by atoms with Gasteiger partial charge in [-0.3, -0.25) is 4.98 Å². The third-order valence-corrected chi connectivity index (χ3v) is 3.66. The Morgan fingerprint density at radius 1 is 1.17 bits per heavy atom. The predicted octanol–water partition coefficient (Wildman–Crippen LogP) is 3.68. The van der Waals surface area contributed by atoms with E-state index in [9.17, 15) is 9.18 Å². The molecule has 0 saturated carbocycles. The first kappa shape index (κ1) is 15.0. The van der Waals surface area contributed by atoms with E-state index in [2.05, 4.69) is 4.98 Å². The minimum absolute atomic E-state index is 0.358. The zero-order valence-electron chi connectivity index (χ0n) is 12.8. The number of aromatic nitrogens is 2. The summed E-state index contributed by atoms with van der Waals surface area (Å²) in [6.45, 7) is 0. The van der Waals surface area contributed by atoms with E-state index >= 15 is 0 Å². The van der Waals surface area contributed by atoms with Gasteiger partial charge in [-0.25, -0.2) is 9.18 Å². The maximum atomic E-state index is 13.7. The molecule has 0 unspecified atom stereocenters. The zero-order valence-corrected chi connectivity index (χ0v) is 12.8. The fraction of sp³-hybridized carbons (Fsp3) is 0.111. The molecular weight excluding hydrogens is 295 g/mol. The van der Waals surface area contributed by atoms with Gasteiger partial charge in [-0.15, -0.1) is 0 Å². The number of hydrogen-bond donors (Lipinski definition) is 0. The topological polar surface area (TPSA) is 44.1 Å². The van der Waals surface area contributed by atoms with Crippen LogP contribution in [-0.2, 0) is 11.8 Å². The minimum atomic E-state index is -0.466. The SMILES string of the molecule is COC(=O)c1c(-c2cccc(F)c2)c(-c2ccncc2)cn1C. The molecule has 0 aliphatic heterocycles. The first-order valence-electron chi connectivity index (χ1n) is 7.05. The lowest BCUT2D eigenvalue weighted by Gasteiger charge is -2.08. The largest absolute Gasteiger partial charge is 0.464 e. The van der Waals surface area contributed by atoms with E-state index in [1.807, 2.05) is 18.3 Å². The van der Waals surface area contributed by atoms with Crippen LogP contribution in [0.3, 0.4) is 0 Å². The molecule has 0 aliphatic carbocycles. The molecule has 0 atom stereocenters. The van der Waals surface area contributed by atoms with E-state index in [4.69, 9.17) is 4.74 Å². The van der Waals surface area contributed by atoms with Gasteiger partial charge >= 0.3 is 5.97 Å². The average Bonchev–Trinajstić information content (AvgIpc) is 2.92. The molecule has 5 heteroatoms. The van der Waals surface area contributed by atoms with Gasteiger partial charge in [0.05, 0.1) is 7.11 Å². The van der Waals surface area contributed by atoms with Crippen LogP contribution in [0.15, 0.2) is 55.0 Å². The summed E-state index contributed by atoms with van der Waals surface area (Å²) in [7, 11) is 3.09. The van der Waals surface area contributed by atoms with Crippen LogP contribution < -0.4 is 0 Å². The Bertz CT molecular complexity index is 857. The molecule has 0 amide bonds. The number of nitrogens with zero attached hydrogens (tertiary/aromatic N) is 2. The molecule has 0 bridgehead atoms. The summed E-state index contributed by atoms with van der Waals surface area (Å²) >= 11 is 0. The number of carbonyl (C=O) groups is 1. The lowest BCUT2D eigenvalue weighted by molar-refractivity contribution is 0.0591. The van der Waals surface area contributed by atoms with E-state index in [1.54, 1.807) is 36.1 Å². The number of esters is 1. The van der Waals surface area contributed by atoms with Crippen LogP contribution in [0, 0.1) is 5.82 Å². The summed E-state index contributed by atoms with van der Waals surface area (Å²) in [6, 6.07) is 9.87. The third kappa shape index (κ3) is 2.73. The van der Waals surface area contributed by atoms with Crippen molar-refractivity contribution in [3.05, 3.63) is 66.5 Å². The Labute approximate surface area is 133 Å². The van der Waals surface area contributed by atoms with Crippen LogP contribution in [-0.4, -0.2) is 22.6 Å². The molecule has 0 aliphatic rings. The van der Waals surface area contributed by atoms with Crippen molar-refractivity contribution in [2.75, 3.05) is 7.11 Å². The number of hydrogen-bond acceptors (Lipinski definition) is 3. The second-order valence-corrected chi connectivity index (χ2v) is 5.12. The Morgan fingerprint density at radius 3 is 2.57 bits per heavy atom. The molecule has 23 heavy (non-hydrogen) atoms. The second-order valence-electron chi connectivity index (χ2n) is 5.12. The van der Waals surface area contributed by atoms with Gasteiger partial charge in [0.25, 0.3) is 0 Å². The molecule has 0 N–H and O–H groups in total. The van der Waals surface area contributed by atoms with Gasteiger partial charge in [0.2, 0.25) is 0 Å². The molecule has 2 heterocycles. The van der Waals surface area contributed by atoms with E-state index in [-0.39, 0.29) is 5.82 Å². The molecule has 0 spiro atoms. The minimum Gasteiger partial charge on any atom is -0.464 e. The van der Waals surface area contributed by atoms with E-state index in [0.29, 0.717) is 16.8 Å². The smallest absolute Gasteiger partial charge is 0.355 e. The molecule has 3 rings (SSSR count). The standard InChI is InChI=1S/C18H15FN2O2/c1-21-11-15(12-6-8-20-9-7-12)16(17(21)18(22)23-2)13-4-3-5-14(19)10-13/h3-11H,1-2H3. The summed E-state index contributed by atoms with van der Waals surface area (Å²) in [5.74, 6) is -0.824. The highest BCUT2D eigenvalue weighted by Gasteiger charge is 2.23. The van der Waals surface area contributed by atoms with Crippen LogP contribution in [0.4, 0.5) is 4.39 Å². The maximum Gasteiger partial charge on any atom is 0.355 e. The molecule has 0 saturated heterocycles. The van der Waals surface area contributed by atoms with Crippen molar-refractivity contribution in [1.82, 2.24) is 9.55 Å². The summed E-state index contributed by atoms with van der Waals surface area (Å²) in [6.07, 6.45) is 5.19. The van der Waals surface area contributed by atoms with Crippen molar-refractivity contribution in [2.45, 2.75) is 0 Å². The van der Waals surface area contributed by atoms with E-state index in [1.165, 1.54) is 19.2 Å². The average molecular weight is 310 g/mol. The zero-order chi connectivity index (χ0) is 16.4. The quantitative estimate of drug-likeness (QED) is 0.693. The van der Waals surface area contributed by atoms with Crippen LogP contribution in [0.5, 0.6) is 0 Å².